The van der Waals surface area contributed by atoms with Crippen LogP contribution in [0.1, 0.15) is 31.0 Å². The molecule has 24 heavy (non-hydrogen) atoms. The van der Waals surface area contributed by atoms with Crippen molar-refractivity contribution in [2.75, 3.05) is 4.72 Å². The lowest BCUT2D eigenvalue weighted by Crippen LogP contribution is -2.14. The molecule has 3 aromatic rings. The Morgan fingerprint density at radius 1 is 1.38 bits per heavy atom. The van der Waals surface area contributed by atoms with Gasteiger partial charge in [-0.15, -0.1) is 0 Å². The summed E-state index contributed by atoms with van der Waals surface area (Å²) >= 11 is 0. The van der Waals surface area contributed by atoms with Crippen molar-refractivity contribution in [3.63, 3.8) is 0 Å². The number of anilines is 1. The van der Waals surface area contributed by atoms with Crippen LogP contribution in [-0.2, 0) is 10.0 Å². The van der Waals surface area contributed by atoms with E-state index in [4.69, 9.17) is 0 Å². The topological polar surface area (TPSA) is 104 Å². The number of fused-ring (bicyclic) bond motifs is 1. The van der Waals surface area contributed by atoms with Gasteiger partial charge in [0.05, 0.1) is 23.1 Å². The second kappa shape index (κ2) is 5.69. The van der Waals surface area contributed by atoms with Crippen molar-refractivity contribution in [3.05, 3.63) is 42.0 Å². The highest BCUT2D eigenvalue weighted by molar-refractivity contribution is 7.92. The van der Waals surface area contributed by atoms with Crippen molar-refractivity contribution in [2.45, 2.75) is 31.8 Å². The first-order chi connectivity index (χ1) is 11.3. The van der Waals surface area contributed by atoms with Gasteiger partial charge in [0, 0.05) is 23.8 Å². The van der Waals surface area contributed by atoms with Gasteiger partial charge in [-0.2, -0.15) is 13.7 Å². The summed E-state index contributed by atoms with van der Waals surface area (Å²) in [5.41, 5.74) is 2.34. The fourth-order valence-corrected chi connectivity index (χ4v) is 3.54. The Hall–Kier alpha value is -2.79. The lowest BCUT2D eigenvalue weighted by molar-refractivity contribution is 0.592. The number of aromatic nitrogens is 3. The molecular formula is C16H17N5O2S. The molecule has 0 aliphatic carbocycles. The lowest BCUT2D eigenvalue weighted by Gasteiger charge is -2.09. The van der Waals surface area contributed by atoms with Gasteiger partial charge in [-0.3, -0.25) is 4.72 Å². The monoisotopic (exact) mass is 343 g/mol. The fourth-order valence-electron chi connectivity index (χ4n) is 2.53. The van der Waals surface area contributed by atoms with E-state index in [0.717, 1.165) is 5.56 Å². The highest BCUT2D eigenvalue weighted by atomic mass is 32.2. The highest BCUT2D eigenvalue weighted by Crippen LogP contribution is 2.29. The van der Waals surface area contributed by atoms with Gasteiger partial charge >= 0.3 is 0 Å². The number of sulfonamides is 1. The number of benzene rings is 1. The molecule has 2 aromatic heterocycles. The number of rotatable bonds is 4. The normalized spacial score (nSPS) is 11.8. The molecule has 0 spiro atoms. The number of hydrogen-bond donors (Lipinski definition) is 2. The molecule has 0 atom stereocenters. The minimum atomic E-state index is -3.81. The van der Waals surface area contributed by atoms with E-state index in [1.165, 1.54) is 12.5 Å². The molecule has 0 amide bonds. The van der Waals surface area contributed by atoms with Crippen molar-refractivity contribution < 1.29 is 8.42 Å². The first-order valence-electron chi connectivity index (χ1n) is 7.40. The second-order valence-corrected chi connectivity index (χ2v) is 7.48. The van der Waals surface area contributed by atoms with Crippen LogP contribution in [0.2, 0.25) is 0 Å². The Kier molecular flexibility index (Phi) is 3.81. The zero-order chi connectivity index (χ0) is 17.5. The molecule has 0 radical (unpaired) electrons. The van der Waals surface area contributed by atoms with Crippen molar-refractivity contribution in [1.29, 1.82) is 5.26 Å². The zero-order valence-electron chi connectivity index (χ0n) is 13.5. The molecule has 2 heterocycles. The molecule has 0 aliphatic heterocycles. The Bertz CT molecular complexity index is 1050. The largest absolute Gasteiger partial charge is 0.358 e. The van der Waals surface area contributed by atoms with E-state index in [-0.39, 0.29) is 11.1 Å². The number of aromatic amines is 1. The average molecular weight is 343 g/mol. The van der Waals surface area contributed by atoms with Crippen LogP contribution < -0.4 is 4.72 Å². The molecule has 7 nitrogen and oxygen atoms in total. The van der Waals surface area contributed by atoms with E-state index in [1.807, 2.05) is 20.8 Å². The fraction of sp³-hybridized carbons (Fsp3) is 0.250. The van der Waals surface area contributed by atoms with E-state index in [9.17, 15) is 13.7 Å². The maximum atomic E-state index is 12.6. The summed E-state index contributed by atoms with van der Waals surface area (Å²) in [4.78, 5) is 6.95. The van der Waals surface area contributed by atoms with Crippen molar-refractivity contribution in [1.82, 2.24) is 14.5 Å². The summed E-state index contributed by atoms with van der Waals surface area (Å²) in [6.07, 6.45) is 4.56. The standard InChI is InChI=1S/C16H17N5O2S/c1-10(2)21-8-14(19-9-21)24(22,23)20-13-5-4-11(3)15-12(6-17)7-18-16(13)15/h4-5,7-10,18,20H,1-3H3. The van der Waals surface area contributed by atoms with E-state index in [1.54, 1.807) is 22.9 Å². The molecule has 124 valence electrons. The van der Waals surface area contributed by atoms with E-state index in [0.29, 0.717) is 22.2 Å². The zero-order valence-corrected chi connectivity index (χ0v) is 14.3. The summed E-state index contributed by atoms with van der Waals surface area (Å²) in [5, 5.41) is 9.85. The van der Waals surface area contributed by atoms with Gasteiger partial charge in [-0.05, 0) is 32.4 Å². The van der Waals surface area contributed by atoms with E-state index >= 15 is 0 Å². The predicted octanol–water partition coefficient (Wildman–Crippen LogP) is 2.93. The van der Waals surface area contributed by atoms with Crippen molar-refractivity contribution >= 4 is 26.6 Å². The SMILES string of the molecule is Cc1ccc(NS(=O)(=O)c2cn(C(C)C)cn2)c2[nH]cc(C#N)c12. The Balaban J connectivity index is 2.04. The first-order valence-corrected chi connectivity index (χ1v) is 8.89. The third-order valence-electron chi connectivity index (χ3n) is 3.86. The van der Waals surface area contributed by atoms with Crippen molar-refractivity contribution in [2.24, 2.45) is 0 Å². The number of nitrogens with one attached hydrogen (secondary N) is 2. The van der Waals surface area contributed by atoms with Gasteiger partial charge in [-0.25, -0.2) is 4.98 Å². The third-order valence-corrected chi connectivity index (χ3v) is 5.11. The van der Waals surface area contributed by atoms with Crippen LogP contribution in [-0.4, -0.2) is 23.0 Å². The van der Waals surface area contributed by atoms with E-state index < -0.39 is 10.0 Å². The molecule has 0 saturated carbocycles. The number of aryl methyl sites for hydroxylation is 1. The van der Waals surface area contributed by atoms with Crippen LogP contribution in [0.15, 0.2) is 35.9 Å². The Morgan fingerprint density at radius 2 is 2.12 bits per heavy atom. The summed E-state index contributed by atoms with van der Waals surface area (Å²) in [6.45, 7) is 5.76. The van der Waals surface area contributed by atoms with E-state index in [2.05, 4.69) is 20.8 Å². The third kappa shape index (κ3) is 2.63. The quantitative estimate of drug-likeness (QED) is 0.760. The Labute approximate surface area is 140 Å². The maximum absolute atomic E-state index is 12.6. The molecule has 1 aromatic carbocycles. The van der Waals surface area contributed by atoms with Crippen LogP contribution in [0, 0.1) is 18.3 Å². The van der Waals surface area contributed by atoms with Gasteiger partial charge in [0.25, 0.3) is 10.0 Å². The number of imidazole rings is 1. The van der Waals surface area contributed by atoms with Crippen molar-refractivity contribution in [3.8, 4) is 6.07 Å². The smallest absolute Gasteiger partial charge is 0.281 e. The van der Waals surface area contributed by atoms with Crippen LogP contribution in [0.4, 0.5) is 5.69 Å². The van der Waals surface area contributed by atoms with Crippen LogP contribution in [0.25, 0.3) is 10.9 Å². The van der Waals surface area contributed by atoms with Gasteiger partial charge in [0.1, 0.15) is 6.07 Å². The minimum Gasteiger partial charge on any atom is -0.358 e. The molecule has 2 N–H and O–H groups in total. The molecule has 3 rings (SSSR count). The molecule has 0 saturated heterocycles. The van der Waals surface area contributed by atoms with Gasteiger partial charge in [0.2, 0.25) is 0 Å². The van der Waals surface area contributed by atoms with Crippen LogP contribution >= 0.6 is 0 Å². The first kappa shape index (κ1) is 16.1. The van der Waals surface area contributed by atoms with Gasteiger partial charge in [0.15, 0.2) is 5.03 Å². The number of H-pyrrole nitrogens is 1. The predicted molar refractivity (Wildman–Crippen MR) is 91.2 cm³/mol. The maximum Gasteiger partial charge on any atom is 0.281 e. The van der Waals surface area contributed by atoms with Crippen LogP contribution in [0.3, 0.4) is 0 Å². The average Bonchev–Trinajstić information content (AvgIpc) is 3.17. The number of nitrogens with zero attached hydrogens (tertiary/aromatic N) is 3. The molecule has 0 aliphatic rings. The van der Waals surface area contributed by atoms with Gasteiger partial charge < -0.3 is 9.55 Å². The molecule has 0 unspecified atom stereocenters. The summed E-state index contributed by atoms with van der Waals surface area (Å²) in [7, 11) is -3.81. The summed E-state index contributed by atoms with van der Waals surface area (Å²) in [6, 6.07) is 5.68. The summed E-state index contributed by atoms with van der Waals surface area (Å²) < 4.78 is 29.4. The number of nitriles is 1. The molecule has 8 heteroatoms. The highest BCUT2D eigenvalue weighted by Gasteiger charge is 2.20. The molecule has 0 fully saturated rings. The lowest BCUT2D eigenvalue weighted by atomic mass is 10.1. The number of hydrogen-bond acceptors (Lipinski definition) is 4. The second-order valence-electron chi connectivity index (χ2n) is 5.85. The Morgan fingerprint density at radius 3 is 2.75 bits per heavy atom. The van der Waals surface area contributed by atoms with Crippen LogP contribution in [0.5, 0.6) is 0 Å². The molecule has 0 bridgehead atoms. The minimum absolute atomic E-state index is 0.0445. The summed E-state index contributed by atoms with van der Waals surface area (Å²) in [5.74, 6) is 0. The molecular weight excluding hydrogens is 326 g/mol. The van der Waals surface area contributed by atoms with Gasteiger partial charge in [-0.1, -0.05) is 6.07 Å².